The van der Waals surface area contributed by atoms with Crippen LogP contribution in [0.5, 0.6) is 0 Å². The molecule has 0 spiro atoms. The van der Waals surface area contributed by atoms with E-state index >= 15 is 0 Å². The van der Waals surface area contributed by atoms with E-state index in [2.05, 4.69) is 33.2 Å². The minimum atomic E-state index is 0.182. The molecule has 0 fully saturated rings. The lowest BCUT2D eigenvalue weighted by molar-refractivity contribution is -0.105. The van der Waals surface area contributed by atoms with E-state index in [1.54, 1.807) is 20.2 Å². The van der Waals surface area contributed by atoms with E-state index in [-0.39, 0.29) is 6.61 Å². The molecule has 42 heavy (non-hydrogen) atoms. The molecule has 2 aromatic rings. The van der Waals surface area contributed by atoms with Gasteiger partial charge in [0.15, 0.2) is 6.29 Å². The van der Waals surface area contributed by atoms with Gasteiger partial charge in [-0.25, -0.2) is 0 Å². The summed E-state index contributed by atoms with van der Waals surface area (Å²) in [4.78, 5) is 30.2. The van der Waals surface area contributed by atoms with Crippen LogP contribution in [-0.4, -0.2) is 83.1 Å². The minimum Gasteiger partial charge on any atom is -0.396 e. The fourth-order valence-corrected chi connectivity index (χ4v) is 4.21. The van der Waals surface area contributed by atoms with Crippen LogP contribution in [0, 0.1) is 12.8 Å². The summed E-state index contributed by atoms with van der Waals surface area (Å²) in [5, 5.41) is 19.7. The van der Waals surface area contributed by atoms with Gasteiger partial charge in [0.05, 0.1) is 6.61 Å². The van der Waals surface area contributed by atoms with E-state index in [0.717, 1.165) is 78.5 Å². The van der Waals surface area contributed by atoms with E-state index in [4.69, 9.17) is 9.53 Å². The van der Waals surface area contributed by atoms with E-state index in [0.29, 0.717) is 24.6 Å². The number of likely N-dealkylation sites (N-methyl/N-ethyl adjacent to an activating group) is 1. The first kappa shape index (κ1) is 40.8. The monoisotopic (exact) mass is 586 g/mol. The Labute approximate surface area is 253 Å². The molecule has 0 bridgehead atoms. The van der Waals surface area contributed by atoms with Gasteiger partial charge < -0.3 is 35.2 Å². The molecule has 0 radical (unpaired) electrons. The Kier molecular flexibility index (Phi) is 25.7. The molecular formula is C33H54N4O5. The second-order valence-electron chi connectivity index (χ2n) is 9.06. The van der Waals surface area contributed by atoms with Crippen LogP contribution < -0.4 is 16.0 Å². The molecule has 2 rings (SSSR count). The van der Waals surface area contributed by atoms with Gasteiger partial charge in [-0.2, -0.15) is 0 Å². The summed E-state index contributed by atoms with van der Waals surface area (Å²) in [5.74, 6) is 0.360. The van der Waals surface area contributed by atoms with Gasteiger partial charge in [0.2, 0.25) is 0 Å². The summed E-state index contributed by atoms with van der Waals surface area (Å²) in [6.07, 6.45) is 7.12. The molecular weight excluding hydrogens is 532 g/mol. The number of nitrogens with zero attached hydrogens (tertiary/aromatic N) is 1. The second kappa shape index (κ2) is 26.5. The highest BCUT2D eigenvalue weighted by atomic mass is 16.5. The molecule has 9 heteroatoms. The van der Waals surface area contributed by atoms with Crippen molar-refractivity contribution >= 4 is 30.3 Å². The zero-order valence-electron chi connectivity index (χ0n) is 26.8. The maximum absolute atomic E-state index is 11.5. The van der Waals surface area contributed by atoms with Crippen molar-refractivity contribution in [3.05, 3.63) is 71.1 Å². The quantitative estimate of drug-likeness (QED) is 0.0940. The van der Waals surface area contributed by atoms with Crippen molar-refractivity contribution in [3.8, 4) is 0 Å². The smallest absolute Gasteiger partial charge is 0.152 e. The molecule has 4 N–H and O–H groups in total. The number of aldehydes is 2. The van der Waals surface area contributed by atoms with Crippen molar-refractivity contribution in [2.24, 2.45) is 5.92 Å². The van der Waals surface area contributed by atoms with Gasteiger partial charge in [0, 0.05) is 73.8 Å². The molecule has 0 aliphatic carbocycles. The van der Waals surface area contributed by atoms with Crippen LogP contribution in [0.3, 0.4) is 0 Å². The molecule has 0 saturated carbocycles. The summed E-state index contributed by atoms with van der Waals surface area (Å²) in [5.41, 5.74) is 5.41. The normalized spacial score (nSPS) is 11.9. The van der Waals surface area contributed by atoms with E-state index in [1.807, 2.05) is 65.8 Å². The number of para-hydroxylation sites is 1. The van der Waals surface area contributed by atoms with Gasteiger partial charge in [-0.1, -0.05) is 44.7 Å². The number of aromatic nitrogens is 1. The number of rotatable bonds is 17. The predicted molar refractivity (Wildman–Crippen MR) is 175 cm³/mol. The molecule has 0 amide bonds. The molecule has 1 atom stereocenters. The van der Waals surface area contributed by atoms with Crippen molar-refractivity contribution in [2.45, 2.75) is 47.1 Å². The van der Waals surface area contributed by atoms with Gasteiger partial charge in [0.25, 0.3) is 0 Å². The number of hydrogen-bond acceptors (Lipinski definition) is 8. The first-order valence-corrected chi connectivity index (χ1v) is 14.4. The maximum atomic E-state index is 11.5. The Hall–Kier alpha value is -3.37. The van der Waals surface area contributed by atoms with Crippen LogP contribution in [0.1, 0.15) is 49.7 Å². The number of hydrogen-bond donors (Lipinski definition) is 4. The number of ether oxygens (including phenoxy) is 1. The van der Waals surface area contributed by atoms with E-state index in [9.17, 15) is 14.7 Å². The Morgan fingerprint density at radius 3 is 2.31 bits per heavy atom. The molecule has 1 aromatic carbocycles. The molecule has 1 unspecified atom stereocenters. The lowest BCUT2D eigenvalue weighted by Gasteiger charge is -2.19. The minimum absolute atomic E-state index is 0.182. The van der Waals surface area contributed by atoms with Gasteiger partial charge in [-0.05, 0) is 63.9 Å². The topological polar surface area (TPSA) is 122 Å². The largest absolute Gasteiger partial charge is 0.396 e. The van der Waals surface area contributed by atoms with Crippen molar-refractivity contribution < 1.29 is 24.2 Å². The fourth-order valence-electron chi connectivity index (χ4n) is 4.21. The van der Waals surface area contributed by atoms with Gasteiger partial charge >= 0.3 is 0 Å². The number of carbonyl (C=O) groups is 3. The van der Waals surface area contributed by atoms with E-state index in [1.165, 1.54) is 0 Å². The lowest BCUT2D eigenvalue weighted by Crippen LogP contribution is -2.24. The zero-order chi connectivity index (χ0) is 32.3. The average Bonchev–Trinajstić information content (AvgIpc) is 3.30. The SMILES string of the molecule is C=CC(/C=C(/C)NC)=C(/C=O)CNC.C=O.CC.COCCNCCC(CCO)Cn1c(C)c(C=O)c2ccccc21. The average molecular weight is 587 g/mol. The summed E-state index contributed by atoms with van der Waals surface area (Å²) in [6, 6.07) is 8.02. The highest BCUT2D eigenvalue weighted by Gasteiger charge is 2.16. The van der Waals surface area contributed by atoms with Crippen LogP contribution >= 0.6 is 0 Å². The molecule has 1 aromatic heterocycles. The van der Waals surface area contributed by atoms with E-state index < -0.39 is 0 Å². The Morgan fingerprint density at radius 2 is 1.79 bits per heavy atom. The van der Waals surface area contributed by atoms with Crippen LogP contribution in [0.15, 0.2) is 59.8 Å². The summed E-state index contributed by atoms with van der Waals surface area (Å²) in [6.45, 7) is 17.6. The van der Waals surface area contributed by atoms with Gasteiger partial charge in [-0.3, -0.25) is 9.59 Å². The van der Waals surface area contributed by atoms with Crippen LogP contribution in [-0.2, 0) is 20.9 Å². The van der Waals surface area contributed by atoms with Crippen molar-refractivity contribution in [2.75, 3.05) is 54.1 Å². The molecule has 236 valence electrons. The predicted octanol–water partition coefficient (Wildman–Crippen LogP) is 4.24. The molecule has 0 saturated heterocycles. The van der Waals surface area contributed by atoms with Crippen molar-refractivity contribution in [3.63, 3.8) is 0 Å². The molecule has 1 heterocycles. The van der Waals surface area contributed by atoms with Gasteiger partial charge in [0.1, 0.15) is 13.1 Å². The second-order valence-corrected chi connectivity index (χ2v) is 9.06. The number of methoxy groups -OCH3 is 1. The number of allylic oxidation sites excluding steroid dienone is 4. The van der Waals surface area contributed by atoms with Crippen molar-refractivity contribution in [1.29, 1.82) is 0 Å². The first-order chi connectivity index (χ1) is 20.4. The Balaban J connectivity index is 0. The summed E-state index contributed by atoms with van der Waals surface area (Å²) >= 11 is 0. The highest BCUT2D eigenvalue weighted by molar-refractivity contribution is 5.99. The molecule has 0 aliphatic heterocycles. The Bertz CT molecular complexity index is 1090. The van der Waals surface area contributed by atoms with Crippen LogP contribution in [0.2, 0.25) is 0 Å². The first-order valence-electron chi connectivity index (χ1n) is 14.4. The third-order valence-electron chi connectivity index (χ3n) is 6.45. The summed E-state index contributed by atoms with van der Waals surface area (Å²) in [7, 11) is 5.34. The summed E-state index contributed by atoms with van der Waals surface area (Å²) < 4.78 is 7.25. The number of benzene rings is 1. The van der Waals surface area contributed by atoms with Crippen molar-refractivity contribution in [1.82, 2.24) is 20.5 Å². The highest BCUT2D eigenvalue weighted by Crippen LogP contribution is 2.26. The Morgan fingerprint density at radius 1 is 1.12 bits per heavy atom. The number of carbonyl (C=O) groups excluding carboxylic acids is 3. The number of aliphatic hydroxyl groups excluding tert-OH is 1. The maximum Gasteiger partial charge on any atom is 0.152 e. The zero-order valence-corrected chi connectivity index (χ0v) is 26.8. The molecule has 0 aliphatic rings. The van der Waals surface area contributed by atoms with Crippen LogP contribution in [0.4, 0.5) is 0 Å². The number of fused-ring (bicyclic) bond motifs is 1. The third kappa shape index (κ3) is 14.5. The third-order valence-corrected chi connectivity index (χ3v) is 6.45. The molecule has 9 nitrogen and oxygen atoms in total. The number of nitrogens with one attached hydrogen (secondary N) is 3. The van der Waals surface area contributed by atoms with Gasteiger partial charge in [-0.15, -0.1) is 0 Å². The standard InChI is InChI=1S/C19H28N2O3.C11H18N2O.C2H6.CH2O/c1-15-18(14-23)17-5-3-4-6-19(17)21(15)13-16(8-11-22)7-9-20-10-12-24-2;1-5-10(6-9(2)13-4)11(8-14)7-12-3;2*1-2/h3-6,14,16,20,22H,7-13H2,1-2H3;5-6,8,12-13H,1,7H2,2-4H3;1-2H3;1H2/b;9-6-,11-10-;;. The van der Waals surface area contributed by atoms with Crippen LogP contribution in [0.25, 0.3) is 10.9 Å². The fraction of sp³-hybridized carbons (Fsp3) is 0.485. The lowest BCUT2D eigenvalue weighted by atomic mass is 10.0. The number of aliphatic hydroxyl groups is 1.